The molecular formula is C24H20FNO6S. The van der Waals surface area contributed by atoms with Crippen molar-refractivity contribution in [3.05, 3.63) is 70.0 Å². The summed E-state index contributed by atoms with van der Waals surface area (Å²) < 4.78 is 47.7. The molecule has 0 spiro atoms. The number of halogens is 1. The monoisotopic (exact) mass is 469 g/mol. The molecule has 7 nitrogen and oxygen atoms in total. The predicted octanol–water partition coefficient (Wildman–Crippen LogP) is 3.50. The summed E-state index contributed by atoms with van der Waals surface area (Å²) in [7, 11) is -3.13. The van der Waals surface area contributed by atoms with E-state index in [1.54, 1.807) is 31.4 Å². The summed E-state index contributed by atoms with van der Waals surface area (Å²) in [5, 5.41) is 4.11. The molecule has 1 N–H and O–H groups in total. The Morgan fingerprint density at radius 3 is 2.61 bits per heavy atom. The third-order valence-corrected chi connectivity index (χ3v) is 7.84. The van der Waals surface area contributed by atoms with Crippen LogP contribution < -0.4 is 10.9 Å². The van der Waals surface area contributed by atoms with Gasteiger partial charge < -0.3 is 14.2 Å². The van der Waals surface area contributed by atoms with Crippen LogP contribution in [-0.4, -0.2) is 31.9 Å². The summed E-state index contributed by atoms with van der Waals surface area (Å²) in [4.78, 5) is 25.1. The number of furan rings is 1. The molecule has 1 atom stereocenters. The fraction of sp³-hybridized carbons (Fsp3) is 0.250. The van der Waals surface area contributed by atoms with E-state index in [2.05, 4.69) is 5.32 Å². The number of nitrogens with one attached hydrogen (secondary N) is 1. The number of carbonyl (C=O) groups excluding carboxylic acids is 1. The van der Waals surface area contributed by atoms with Gasteiger partial charge in [-0.2, -0.15) is 0 Å². The normalized spacial score (nSPS) is 17.6. The van der Waals surface area contributed by atoms with E-state index in [9.17, 15) is 22.4 Å². The molecule has 170 valence electrons. The molecular weight excluding hydrogens is 449 g/mol. The average molecular weight is 469 g/mol. The van der Waals surface area contributed by atoms with E-state index in [-0.39, 0.29) is 29.3 Å². The lowest BCUT2D eigenvalue weighted by molar-refractivity contribution is -0.121. The molecule has 1 aliphatic heterocycles. The van der Waals surface area contributed by atoms with Gasteiger partial charge in [-0.1, -0.05) is 12.1 Å². The van der Waals surface area contributed by atoms with Gasteiger partial charge in [0.1, 0.15) is 17.0 Å². The smallest absolute Gasteiger partial charge is 0.340 e. The molecule has 2 aromatic carbocycles. The van der Waals surface area contributed by atoms with E-state index in [4.69, 9.17) is 8.83 Å². The van der Waals surface area contributed by atoms with Gasteiger partial charge in [0.2, 0.25) is 5.91 Å². The number of aryl methyl sites for hydroxylation is 1. The number of hydrogen-bond donors (Lipinski definition) is 1. The van der Waals surface area contributed by atoms with Crippen molar-refractivity contribution in [3.63, 3.8) is 0 Å². The highest BCUT2D eigenvalue weighted by molar-refractivity contribution is 7.91. The van der Waals surface area contributed by atoms with Crippen LogP contribution in [-0.2, 0) is 21.1 Å². The molecule has 0 bridgehead atoms. The van der Waals surface area contributed by atoms with Crippen molar-refractivity contribution in [2.75, 3.05) is 11.5 Å². The highest BCUT2D eigenvalue weighted by atomic mass is 32.2. The largest absolute Gasteiger partial charge is 0.464 e. The first kappa shape index (κ1) is 21.4. The van der Waals surface area contributed by atoms with Crippen molar-refractivity contribution >= 4 is 37.7 Å². The van der Waals surface area contributed by atoms with Crippen molar-refractivity contribution in [2.24, 2.45) is 0 Å². The fourth-order valence-electron chi connectivity index (χ4n) is 4.32. The first-order valence-corrected chi connectivity index (χ1v) is 12.3. The number of carbonyl (C=O) groups is 1. The zero-order valence-electron chi connectivity index (χ0n) is 17.7. The molecule has 1 saturated heterocycles. The number of sulfone groups is 1. The SMILES string of the molecule is Cc1c(CC(=O)N[C@H]2CCS(=O)(=O)C2)c(=O)oc2cc3occ(-c4ccc(F)cc4)c3cc12. The van der Waals surface area contributed by atoms with Crippen molar-refractivity contribution in [2.45, 2.75) is 25.8 Å². The molecule has 2 aromatic heterocycles. The van der Waals surface area contributed by atoms with Gasteiger partial charge in [-0.15, -0.1) is 0 Å². The van der Waals surface area contributed by atoms with Crippen LogP contribution in [0.15, 0.2) is 56.3 Å². The third kappa shape index (κ3) is 4.04. The molecule has 0 unspecified atom stereocenters. The lowest BCUT2D eigenvalue weighted by atomic mass is 9.99. The molecule has 1 aliphatic rings. The molecule has 9 heteroatoms. The number of rotatable bonds is 4. The number of benzene rings is 2. The Balaban J connectivity index is 1.51. The average Bonchev–Trinajstić information content (AvgIpc) is 3.32. The lowest BCUT2D eigenvalue weighted by Gasteiger charge is -2.12. The Hall–Kier alpha value is -3.46. The van der Waals surface area contributed by atoms with E-state index in [1.165, 1.54) is 12.1 Å². The number of fused-ring (bicyclic) bond motifs is 2. The summed E-state index contributed by atoms with van der Waals surface area (Å²) in [5.41, 5.74) is 2.57. The van der Waals surface area contributed by atoms with Gasteiger partial charge in [-0.3, -0.25) is 4.79 Å². The molecule has 0 radical (unpaired) electrons. The van der Waals surface area contributed by atoms with Crippen LogP contribution in [0.1, 0.15) is 17.5 Å². The Morgan fingerprint density at radius 1 is 1.15 bits per heavy atom. The minimum absolute atomic E-state index is 0.0478. The van der Waals surface area contributed by atoms with Crippen LogP contribution in [0.2, 0.25) is 0 Å². The second-order valence-corrected chi connectivity index (χ2v) is 10.6. The Morgan fingerprint density at radius 2 is 1.91 bits per heavy atom. The maximum absolute atomic E-state index is 13.3. The van der Waals surface area contributed by atoms with Gasteiger partial charge >= 0.3 is 5.63 Å². The van der Waals surface area contributed by atoms with Crippen molar-refractivity contribution in [1.82, 2.24) is 5.32 Å². The predicted molar refractivity (Wildman–Crippen MR) is 121 cm³/mol. The van der Waals surface area contributed by atoms with Gasteiger partial charge in [0.05, 0.1) is 29.8 Å². The second kappa shape index (κ2) is 7.84. The topological polar surface area (TPSA) is 107 Å². The zero-order chi connectivity index (χ0) is 23.3. The van der Waals surface area contributed by atoms with Gasteiger partial charge in [-0.25, -0.2) is 17.6 Å². The van der Waals surface area contributed by atoms with Crippen LogP contribution in [0.25, 0.3) is 33.1 Å². The summed E-state index contributed by atoms with van der Waals surface area (Å²) in [5.74, 6) is -0.808. The maximum atomic E-state index is 13.3. The van der Waals surface area contributed by atoms with E-state index in [0.29, 0.717) is 28.5 Å². The molecule has 0 aliphatic carbocycles. The summed E-state index contributed by atoms with van der Waals surface area (Å²) in [6.45, 7) is 1.74. The minimum atomic E-state index is -3.13. The summed E-state index contributed by atoms with van der Waals surface area (Å²) >= 11 is 0. The van der Waals surface area contributed by atoms with Gasteiger partial charge in [0.25, 0.3) is 0 Å². The van der Waals surface area contributed by atoms with E-state index in [0.717, 1.165) is 16.5 Å². The lowest BCUT2D eigenvalue weighted by Crippen LogP contribution is -2.37. The van der Waals surface area contributed by atoms with Crippen LogP contribution in [0.3, 0.4) is 0 Å². The van der Waals surface area contributed by atoms with Crippen molar-refractivity contribution in [1.29, 1.82) is 0 Å². The third-order valence-electron chi connectivity index (χ3n) is 6.07. The van der Waals surface area contributed by atoms with E-state index >= 15 is 0 Å². The minimum Gasteiger partial charge on any atom is -0.464 e. The number of hydrogen-bond acceptors (Lipinski definition) is 6. The van der Waals surface area contributed by atoms with Crippen molar-refractivity contribution in [3.8, 4) is 11.1 Å². The quantitative estimate of drug-likeness (QED) is 0.459. The van der Waals surface area contributed by atoms with Gasteiger partial charge in [0.15, 0.2) is 9.84 Å². The highest BCUT2D eigenvalue weighted by Gasteiger charge is 2.29. The van der Waals surface area contributed by atoms with E-state index in [1.807, 2.05) is 6.07 Å². The molecule has 0 saturated carbocycles. The van der Waals surface area contributed by atoms with Gasteiger partial charge in [-0.05, 0) is 42.7 Å². The molecule has 5 rings (SSSR count). The van der Waals surface area contributed by atoms with E-state index < -0.39 is 27.4 Å². The fourth-order valence-corrected chi connectivity index (χ4v) is 5.99. The second-order valence-electron chi connectivity index (χ2n) is 8.34. The molecule has 4 aromatic rings. The molecule has 3 heterocycles. The van der Waals surface area contributed by atoms with Gasteiger partial charge in [0, 0.05) is 28.4 Å². The van der Waals surface area contributed by atoms with Crippen LogP contribution in [0.4, 0.5) is 4.39 Å². The Kier molecular flexibility index (Phi) is 5.08. The van der Waals surface area contributed by atoms with Crippen LogP contribution in [0, 0.1) is 12.7 Å². The summed E-state index contributed by atoms with van der Waals surface area (Å²) in [6, 6.07) is 9.05. The van der Waals surface area contributed by atoms with Crippen LogP contribution in [0.5, 0.6) is 0 Å². The molecule has 1 amide bonds. The standard InChI is InChI=1S/C24H20FNO6S/c1-13-17-8-19-20(14-2-4-15(25)5-3-14)11-31-21(19)10-22(17)32-24(28)18(13)9-23(27)26-16-6-7-33(29,30)12-16/h2-5,8,10-11,16H,6-7,9,12H2,1H3,(H,26,27)/t16-/m0/s1. The zero-order valence-corrected chi connectivity index (χ0v) is 18.5. The summed E-state index contributed by atoms with van der Waals surface area (Å²) in [6.07, 6.45) is 1.72. The highest BCUT2D eigenvalue weighted by Crippen LogP contribution is 2.34. The Labute approximate surface area is 188 Å². The first-order chi connectivity index (χ1) is 15.7. The molecule has 1 fully saturated rings. The number of amides is 1. The maximum Gasteiger partial charge on any atom is 0.340 e. The first-order valence-electron chi connectivity index (χ1n) is 10.4. The van der Waals surface area contributed by atoms with Crippen LogP contribution >= 0.6 is 0 Å². The molecule has 33 heavy (non-hydrogen) atoms. The van der Waals surface area contributed by atoms with Crippen molar-refractivity contribution < 1.29 is 26.4 Å². The Bertz CT molecular complexity index is 1570.